The molecule has 11 heteroatoms. The molecular formula is C30H34F3N3O4S. The average Bonchev–Trinajstić information content (AvgIpc) is 2.93. The Kier molecular flexibility index (Phi) is 10.6. The minimum atomic E-state index is -4.64. The molecule has 0 heterocycles. The van der Waals surface area contributed by atoms with Gasteiger partial charge in [-0.15, -0.1) is 0 Å². The Hall–Kier alpha value is -3.86. The van der Waals surface area contributed by atoms with Crippen LogP contribution < -0.4 is 9.62 Å². The van der Waals surface area contributed by atoms with E-state index in [9.17, 15) is 31.2 Å². The van der Waals surface area contributed by atoms with Crippen molar-refractivity contribution in [3.63, 3.8) is 0 Å². The summed E-state index contributed by atoms with van der Waals surface area (Å²) in [5, 5.41) is 2.64. The average molecular weight is 590 g/mol. The van der Waals surface area contributed by atoms with Gasteiger partial charge in [0.25, 0.3) is 0 Å². The molecule has 0 aromatic heterocycles. The van der Waals surface area contributed by atoms with Crippen molar-refractivity contribution in [2.45, 2.75) is 44.9 Å². The first-order valence-corrected chi connectivity index (χ1v) is 14.9. The van der Waals surface area contributed by atoms with Crippen molar-refractivity contribution in [3.8, 4) is 0 Å². The summed E-state index contributed by atoms with van der Waals surface area (Å²) in [5.74, 6) is -0.729. The van der Waals surface area contributed by atoms with Crippen molar-refractivity contribution < 1.29 is 31.2 Å². The van der Waals surface area contributed by atoms with E-state index >= 15 is 0 Å². The number of rotatable bonds is 12. The quantitative estimate of drug-likeness (QED) is 0.324. The Morgan fingerprint density at radius 3 is 2.22 bits per heavy atom. The Labute approximate surface area is 239 Å². The Balaban J connectivity index is 1.87. The number of nitrogens with one attached hydrogen (secondary N) is 1. The van der Waals surface area contributed by atoms with Crippen molar-refractivity contribution in [2.24, 2.45) is 0 Å². The zero-order chi connectivity index (χ0) is 30.2. The molecule has 3 aromatic carbocycles. The summed E-state index contributed by atoms with van der Waals surface area (Å²) in [6.07, 6.45) is -3.57. The van der Waals surface area contributed by atoms with Crippen LogP contribution in [0.3, 0.4) is 0 Å². The van der Waals surface area contributed by atoms with Gasteiger partial charge in [0.2, 0.25) is 21.8 Å². The van der Waals surface area contributed by atoms with Crippen molar-refractivity contribution in [1.82, 2.24) is 10.2 Å². The van der Waals surface area contributed by atoms with E-state index in [0.29, 0.717) is 0 Å². The third-order valence-corrected chi connectivity index (χ3v) is 7.93. The maximum atomic E-state index is 13.7. The van der Waals surface area contributed by atoms with Crippen LogP contribution in [0, 0.1) is 6.92 Å². The summed E-state index contributed by atoms with van der Waals surface area (Å²) in [4.78, 5) is 28.2. The molecule has 0 saturated carbocycles. The zero-order valence-electron chi connectivity index (χ0n) is 23.2. The summed E-state index contributed by atoms with van der Waals surface area (Å²) in [6, 6.07) is 20.0. The predicted molar refractivity (Wildman–Crippen MR) is 153 cm³/mol. The molecule has 0 spiro atoms. The molecule has 3 aromatic rings. The fraction of sp³-hybridized carbons (Fsp3) is 0.333. The molecular weight excluding hydrogens is 555 g/mol. The van der Waals surface area contributed by atoms with Gasteiger partial charge >= 0.3 is 6.18 Å². The van der Waals surface area contributed by atoms with E-state index in [0.717, 1.165) is 45.5 Å². The number of aryl methyl sites for hydroxylation is 1. The number of sulfonamides is 1. The lowest BCUT2D eigenvalue weighted by atomic mass is 10.0. The molecule has 7 nitrogen and oxygen atoms in total. The molecule has 0 radical (unpaired) electrons. The van der Waals surface area contributed by atoms with E-state index in [1.54, 1.807) is 0 Å². The fourth-order valence-corrected chi connectivity index (χ4v) is 5.49. The van der Waals surface area contributed by atoms with Crippen LogP contribution in [0.25, 0.3) is 0 Å². The summed E-state index contributed by atoms with van der Waals surface area (Å²) in [7, 11) is -2.45. The number of alkyl halides is 3. The molecule has 1 atom stereocenters. The third kappa shape index (κ3) is 8.81. The summed E-state index contributed by atoms with van der Waals surface area (Å²) in [5.41, 5.74) is 1.53. The van der Waals surface area contributed by atoms with E-state index in [4.69, 9.17) is 0 Å². The molecule has 0 aliphatic heterocycles. The van der Waals surface area contributed by atoms with Gasteiger partial charge < -0.3 is 10.2 Å². The second-order valence-electron chi connectivity index (χ2n) is 9.75. The van der Waals surface area contributed by atoms with Crippen molar-refractivity contribution in [3.05, 3.63) is 101 Å². The van der Waals surface area contributed by atoms with Gasteiger partial charge in [0, 0.05) is 33.0 Å². The molecule has 0 bridgehead atoms. The normalized spacial score (nSPS) is 12.4. The number of anilines is 1. The lowest BCUT2D eigenvalue weighted by molar-refractivity contribution is -0.141. The highest BCUT2D eigenvalue weighted by Crippen LogP contribution is 2.32. The molecule has 1 N–H and O–H groups in total. The first kappa shape index (κ1) is 31.7. The molecule has 3 rings (SSSR count). The molecule has 2 amide bonds. The van der Waals surface area contributed by atoms with Crippen molar-refractivity contribution in [2.75, 3.05) is 24.2 Å². The van der Waals surface area contributed by atoms with Gasteiger partial charge in [0.05, 0.1) is 17.5 Å². The maximum absolute atomic E-state index is 13.7. The van der Waals surface area contributed by atoms with Gasteiger partial charge in [-0.1, -0.05) is 60.7 Å². The number of carbonyl (C=O) groups is 2. The van der Waals surface area contributed by atoms with Crippen LogP contribution in [0.15, 0.2) is 78.9 Å². The van der Waals surface area contributed by atoms with Gasteiger partial charge in [-0.25, -0.2) is 8.42 Å². The monoisotopic (exact) mass is 589 g/mol. The third-order valence-electron chi connectivity index (χ3n) is 6.73. The number of hydrogen-bond donors (Lipinski definition) is 1. The smallest absolute Gasteiger partial charge is 0.357 e. The lowest BCUT2D eigenvalue weighted by Gasteiger charge is -2.32. The van der Waals surface area contributed by atoms with Crippen LogP contribution in [0.1, 0.15) is 35.1 Å². The number of halogens is 3. The number of benzene rings is 3. The standard InChI is InChI=1S/C30H34F3N3O4S/c1-22-11-7-8-14-24(22)21-35(27(29(38)34-2)19-23-12-5-4-6-13-23)28(37)17-10-18-36(41(3,39)40)26-16-9-15-25(20-26)30(31,32)33/h4-9,11-16,20,27H,10,17-19,21H2,1-3H3,(H,34,38). The highest BCUT2D eigenvalue weighted by molar-refractivity contribution is 7.92. The van der Waals surface area contributed by atoms with E-state index < -0.39 is 27.8 Å². The summed E-state index contributed by atoms with van der Waals surface area (Å²) >= 11 is 0. The molecule has 1 unspecified atom stereocenters. The number of nitrogens with zero attached hydrogens (tertiary/aromatic N) is 2. The largest absolute Gasteiger partial charge is 0.416 e. The zero-order valence-corrected chi connectivity index (χ0v) is 24.0. The molecule has 0 aliphatic rings. The SMILES string of the molecule is CNC(=O)C(Cc1ccccc1)N(Cc1ccccc1C)C(=O)CCCN(c1cccc(C(F)(F)F)c1)S(C)(=O)=O. The van der Waals surface area contributed by atoms with Gasteiger partial charge in [-0.3, -0.25) is 13.9 Å². The molecule has 220 valence electrons. The van der Waals surface area contributed by atoms with Gasteiger partial charge in [-0.2, -0.15) is 13.2 Å². The maximum Gasteiger partial charge on any atom is 0.416 e. The Morgan fingerprint density at radius 1 is 0.951 bits per heavy atom. The second-order valence-corrected chi connectivity index (χ2v) is 11.7. The van der Waals surface area contributed by atoms with Crippen LogP contribution in [0.5, 0.6) is 0 Å². The second kappa shape index (κ2) is 13.7. The van der Waals surface area contributed by atoms with Gasteiger partial charge in [0.15, 0.2) is 0 Å². The van der Waals surface area contributed by atoms with Crippen LogP contribution in [0.2, 0.25) is 0 Å². The summed E-state index contributed by atoms with van der Waals surface area (Å²) in [6.45, 7) is 1.84. The minimum absolute atomic E-state index is 0.0260. The van der Waals surface area contributed by atoms with Crippen LogP contribution >= 0.6 is 0 Å². The lowest BCUT2D eigenvalue weighted by Crippen LogP contribution is -2.50. The number of likely N-dealkylation sites (N-methyl/N-ethyl adjacent to an activating group) is 1. The number of amides is 2. The first-order chi connectivity index (χ1) is 19.3. The number of hydrogen-bond acceptors (Lipinski definition) is 4. The van der Waals surface area contributed by atoms with Crippen molar-refractivity contribution >= 4 is 27.5 Å². The molecule has 0 aliphatic carbocycles. The van der Waals surface area contributed by atoms with E-state index in [-0.39, 0.29) is 49.9 Å². The van der Waals surface area contributed by atoms with E-state index in [2.05, 4.69) is 5.32 Å². The molecule has 41 heavy (non-hydrogen) atoms. The highest BCUT2D eigenvalue weighted by Gasteiger charge is 2.32. The van der Waals surface area contributed by atoms with E-state index in [1.807, 2.05) is 61.5 Å². The summed E-state index contributed by atoms with van der Waals surface area (Å²) < 4.78 is 65.7. The van der Waals surface area contributed by atoms with Crippen LogP contribution in [-0.4, -0.2) is 51.0 Å². The first-order valence-electron chi connectivity index (χ1n) is 13.1. The minimum Gasteiger partial charge on any atom is -0.357 e. The Morgan fingerprint density at radius 2 is 1.61 bits per heavy atom. The van der Waals surface area contributed by atoms with Gasteiger partial charge in [-0.05, 0) is 48.2 Å². The molecule has 0 fully saturated rings. The molecule has 0 saturated heterocycles. The van der Waals surface area contributed by atoms with Crippen LogP contribution in [-0.2, 0) is 38.8 Å². The number of carbonyl (C=O) groups excluding carboxylic acids is 2. The van der Waals surface area contributed by atoms with Crippen molar-refractivity contribution in [1.29, 1.82) is 0 Å². The fourth-order valence-electron chi connectivity index (χ4n) is 4.53. The topological polar surface area (TPSA) is 86.8 Å². The highest BCUT2D eigenvalue weighted by atomic mass is 32.2. The van der Waals surface area contributed by atoms with E-state index in [1.165, 1.54) is 18.0 Å². The van der Waals surface area contributed by atoms with Crippen LogP contribution in [0.4, 0.5) is 18.9 Å². The van der Waals surface area contributed by atoms with Gasteiger partial charge in [0.1, 0.15) is 6.04 Å². The Bertz CT molecular complexity index is 1450. The predicted octanol–water partition coefficient (Wildman–Crippen LogP) is 4.95.